The van der Waals surface area contributed by atoms with Gasteiger partial charge in [0.1, 0.15) is 5.82 Å². The third kappa shape index (κ3) is 3.13. The number of aromatic nitrogens is 3. The maximum absolute atomic E-state index is 13.0. The number of rotatable bonds is 4. The van der Waals surface area contributed by atoms with E-state index in [-0.39, 0.29) is 17.2 Å². The van der Waals surface area contributed by atoms with Gasteiger partial charge in [0, 0.05) is 30.5 Å². The molecule has 0 radical (unpaired) electrons. The van der Waals surface area contributed by atoms with Gasteiger partial charge in [-0.25, -0.2) is 4.98 Å². The molecule has 138 valence electrons. The van der Waals surface area contributed by atoms with Crippen LogP contribution in [0.2, 0.25) is 5.02 Å². The molecule has 1 aromatic heterocycles. The number of hydrogen-bond donors (Lipinski definition) is 1. The zero-order valence-electron chi connectivity index (χ0n) is 15.2. The quantitative estimate of drug-likeness (QED) is 0.889. The number of likely N-dealkylation sites (tertiary alicyclic amines) is 1. The number of carbonyl (C=O) groups is 1. The Hall–Kier alpha value is -1.88. The summed E-state index contributed by atoms with van der Waals surface area (Å²) in [6.07, 6.45) is 5.98. The SMILES string of the molecule is CCc1nc(C2CN(C(=O)Cc3ccccc3Cl)CC23CCCC3)n[nH]1. The summed E-state index contributed by atoms with van der Waals surface area (Å²) >= 11 is 6.24. The van der Waals surface area contributed by atoms with E-state index in [2.05, 4.69) is 17.1 Å². The van der Waals surface area contributed by atoms with E-state index in [1.807, 2.05) is 29.2 Å². The van der Waals surface area contributed by atoms with Gasteiger partial charge in [-0.3, -0.25) is 9.89 Å². The van der Waals surface area contributed by atoms with E-state index in [1.165, 1.54) is 12.8 Å². The van der Waals surface area contributed by atoms with Crippen LogP contribution in [0.25, 0.3) is 0 Å². The lowest BCUT2D eigenvalue weighted by molar-refractivity contribution is -0.129. The molecule has 2 aromatic rings. The Kier molecular flexibility index (Phi) is 4.74. The number of hydrogen-bond acceptors (Lipinski definition) is 3. The van der Waals surface area contributed by atoms with Crippen LogP contribution in [0.3, 0.4) is 0 Å². The molecule has 1 atom stereocenters. The van der Waals surface area contributed by atoms with Crippen LogP contribution in [-0.4, -0.2) is 39.1 Å². The van der Waals surface area contributed by atoms with Gasteiger partial charge in [-0.05, 0) is 29.9 Å². The average molecular weight is 373 g/mol. The molecule has 1 aromatic carbocycles. The summed E-state index contributed by atoms with van der Waals surface area (Å²) in [5.41, 5.74) is 1.04. The van der Waals surface area contributed by atoms with Gasteiger partial charge in [-0.15, -0.1) is 0 Å². The Labute approximate surface area is 159 Å². The minimum atomic E-state index is 0.142. The third-order valence-electron chi connectivity index (χ3n) is 6.10. The molecule has 1 aliphatic carbocycles. The summed E-state index contributed by atoms with van der Waals surface area (Å²) in [4.78, 5) is 19.7. The van der Waals surface area contributed by atoms with Gasteiger partial charge in [0.05, 0.1) is 6.42 Å². The Balaban J connectivity index is 1.55. The van der Waals surface area contributed by atoms with Crippen molar-refractivity contribution in [3.63, 3.8) is 0 Å². The van der Waals surface area contributed by atoms with Gasteiger partial charge in [0.25, 0.3) is 0 Å². The first-order valence-corrected chi connectivity index (χ1v) is 9.91. The lowest BCUT2D eigenvalue weighted by Crippen LogP contribution is -2.32. The Morgan fingerprint density at radius 1 is 1.35 bits per heavy atom. The molecule has 1 N–H and O–H groups in total. The minimum absolute atomic E-state index is 0.142. The van der Waals surface area contributed by atoms with E-state index in [9.17, 15) is 4.79 Å². The van der Waals surface area contributed by atoms with Crippen molar-refractivity contribution in [3.8, 4) is 0 Å². The summed E-state index contributed by atoms with van der Waals surface area (Å²) in [7, 11) is 0. The summed E-state index contributed by atoms with van der Waals surface area (Å²) in [6.45, 7) is 3.60. The molecule has 2 heterocycles. The topological polar surface area (TPSA) is 61.9 Å². The van der Waals surface area contributed by atoms with Crippen molar-refractivity contribution in [2.24, 2.45) is 5.41 Å². The number of aryl methyl sites for hydroxylation is 1. The number of amides is 1. The molecule has 0 bridgehead atoms. The molecular weight excluding hydrogens is 348 g/mol. The smallest absolute Gasteiger partial charge is 0.227 e. The fraction of sp³-hybridized carbons (Fsp3) is 0.550. The molecule has 1 unspecified atom stereocenters. The van der Waals surface area contributed by atoms with E-state index in [0.717, 1.165) is 43.0 Å². The Morgan fingerprint density at radius 2 is 2.12 bits per heavy atom. The number of halogens is 1. The molecule has 26 heavy (non-hydrogen) atoms. The van der Waals surface area contributed by atoms with Crippen LogP contribution in [0.15, 0.2) is 24.3 Å². The molecule has 5 nitrogen and oxygen atoms in total. The largest absolute Gasteiger partial charge is 0.341 e. The van der Waals surface area contributed by atoms with Gasteiger partial charge < -0.3 is 4.90 Å². The number of carbonyl (C=O) groups excluding carboxylic acids is 1. The minimum Gasteiger partial charge on any atom is -0.341 e. The molecular formula is C20H25ClN4O. The van der Waals surface area contributed by atoms with Crippen LogP contribution >= 0.6 is 11.6 Å². The van der Waals surface area contributed by atoms with Gasteiger partial charge in [0.2, 0.25) is 5.91 Å². The molecule has 1 aliphatic heterocycles. The van der Waals surface area contributed by atoms with Gasteiger partial charge in [-0.2, -0.15) is 5.10 Å². The number of benzene rings is 1. The fourth-order valence-corrected chi connectivity index (χ4v) is 4.84. The molecule has 6 heteroatoms. The van der Waals surface area contributed by atoms with Crippen molar-refractivity contribution in [3.05, 3.63) is 46.5 Å². The highest BCUT2D eigenvalue weighted by molar-refractivity contribution is 6.31. The zero-order chi connectivity index (χ0) is 18.1. The fourth-order valence-electron chi connectivity index (χ4n) is 4.64. The summed E-state index contributed by atoms with van der Waals surface area (Å²) in [6, 6.07) is 7.60. The predicted molar refractivity (Wildman–Crippen MR) is 101 cm³/mol. The van der Waals surface area contributed by atoms with Crippen LogP contribution in [0.1, 0.15) is 55.7 Å². The normalized spacial score (nSPS) is 21.6. The number of nitrogens with zero attached hydrogens (tertiary/aromatic N) is 3. The Morgan fingerprint density at radius 3 is 2.81 bits per heavy atom. The van der Waals surface area contributed by atoms with Crippen LogP contribution in [0.4, 0.5) is 0 Å². The summed E-state index contributed by atoms with van der Waals surface area (Å²) < 4.78 is 0. The van der Waals surface area contributed by atoms with Crippen molar-refractivity contribution in [1.29, 1.82) is 0 Å². The first kappa shape index (κ1) is 17.5. The van der Waals surface area contributed by atoms with E-state index in [1.54, 1.807) is 0 Å². The predicted octanol–water partition coefficient (Wildman–Crippen LogP) is 3.75. The maximum atomic E-state index is 13.0. The number of nitrogens with one attached hydrogen (secondary N) is 1. The first-order chi connectivity index (χ1) is 12.6. The summed E-state index contributed by atoms with van der Waals surface area (Å²) in [5.74, 6) is 2.20. The van der Waals surface area contributed by atoms with E-state index in [0.29, 0.717) is 18.0 Å². The molecule has 1 saturated heterocycles. The first-order valence-electron chi connectivity index (χ1n) is 9.53. The van der Waals surface area contributed by atoms with Crippen LogP contribution in [0.5, 0.6) is 0 Å². The maximum Gasteiger partial charge on any atom is 0.227 e. The van der Waals surface area contributed by atoms with E-state index >= 15 is 0 Å². The monoisotopic (exact) mass is 372 g/mol. The van der Waals surface area contributed by atoms with Gasteiger partial charge in [0.15, 0.2) is 5.82 Å². The average Bonchev–Trinajstić information content (AvgIpc) is 3.37. The second-order valence-corrected chi connectivity index (χ2v) is 8.07. The molecule has 2 aliphatic rings. The van der Waals surface area contributed by atoms with Crippen LogP contribution < -0.4 is 0 Å². The summed E-state index contributed by atoms with van der Waals surface area (Å²) in [5, 5.41) is 8.19. The standard InChI is InChI=1S/C20H25ClN4O/c1-2-17-22-19(24-23-17)15-12-25(13-20(15)9-5-6-10-20)18(26)11-14-7-3-4-8-16(14)21/h3-4,7-8,15H,2,5-6,9-13H2,1H3,(H,22,23,24). The van der Waals surface area contributed by atoms with Crippen molar-refractivity contribution in [2.45, 2.75) is 51.4 Å². The van der Waals surface area contributed by atoms with E-state index < -0.39 is 0 Å². The molecule has 1 spiro atoms. The zero-order valence-corrected chi connectivity index (χ0v) is 15.9. The number of H-pyrrole nitrogens is 1. The number of aromatic amines is 1. The van der Waals surface area contributed by atoms with Crippen molar-refractivity contribution >= 4 is 17.5 Å². The molecule has 1 saturated carbocycles. The second kappa shape index (κ2) is 7.03. The molecule has 2 fully saturated rings. The van der Waals surface area contributed by atoms with Crippen molar-refractivity contribution in [1.82, 2.24) is 20.1 Å². The Bertz CT molecular complexity index is 797. The van der Waals surface area contributed by atoms with Gasteiger partial charge in [-0.1, -0.05) is 49.6 Å². The van der Waals surface area contributed by atoms with Crippen LogP contribution in [-0.2, 0) is 17.6 Å². The highest BCUT2D eigenvalue weighted by Gasteiger charge is 2.51. The highest BCUT2D eigenvalue weighted by atomic mass is 35.5. The van der Waals surface area contributed by atoms with E-state index in [4.69, 9.17) is 16.6 Å². The van der Waals surface area contributed by atoms with Gasteiger partial charge >= 0.3 is 0 Å². The third-order valence-corrected chi connectivity index (χ3v) is 6.46. The van der Waals surface area contributed by atoms with Crippen molar-refractivity contribution < 1.29 is 4.79 Å². The van der Waals surface area contributed by atoms with Crippen molar-refractivity contribution in [2.75, 3.05) is 13.1 Å². The molecule has 4 rings (SSSR count). The second-order valence-electron chi connectivity index (χ2n) is 7.66. The highest BCUT2D eigenvalue weighted by Crippen LogP contribution is 2.52. The lowest BCUT2D eigenvalue weighted by atomic mass is 9.76. The lowest BCUT2D eigenvalue weighted by Gasteiger charge is -2.27. The van der Waals surface area contributed by atoms with Crippen LogP contribution in [0, 0.1) is 5.41 Å². The molecule has 1 amide bonds.